The normalized spacial score (nSPS) is 15.3. The molecule has 2 unspecified atom stereocenters. The number of allylic oxidation sites excluding steroid dienone is 4. The van der Waals surface area contributed by atoms with E-state index in [1.165, 1.54) is 110 Å². The second kappa shape index (κ2) is 32.4. The van der Waals surface area contributed by atoms with Crippen LogP contribution < -0.4 is 19.6 Å². The second-order valence-electron chi connectivity index (χ2n) is 27.2. The van der Waals surface area contributed by atoms with Crippen molar-refractivity contribution in [1.29, 1.82) is 0 Å². The second-order valence-corrected chi connectivity index (χ2v) is 28.0. The van der Waals surface area contributed by atoms with Gasteiger partial charge >= 0.3 is 0 Å². The maximum atomic E-state index is 6.56. The first kappa shape index (κ1) is 69.8. The van der Waals surface area contributed by atoms with Crippen LogP contribution in [0, 0.1) is 27.7 Å². The quantitative estimate of drug-likeness (QED) is 0.0670. The van der Waals surface area contributed by atoms with Gasteiger partial charge in [0, 0.05) is 66.9 Å². The molecule has 0 fully saturated rings. The Balaban J connectivity index is 0.000000185. The van der Waals surface area contributed by atoms with Crippen molar-refractivity contribution in [3.63, 3.8) is 0 Å². The number of para-hydroxylation sites is 2. The molecular weight excluding hydrogens is 1280 g/mol. The Hall–Kier alpha value is -10.6. The van der Waals surface area contributed by atoms with E-state index in [0.717, 1.165) is 65.4 Å². The highest BCUT2D eigenvalue weighted by Gasteiger charge is 2.41. The van der Waals surface area contributed by atoms with Crippen molar-refractivity contribution in [3.05, 3.63) is 405 Å². The number of rotatable bonds is 22. The number of anilines is 10. The zero-order valence-electron chi connectivity index (χ0n) is 59.5. The molecular formula is C96H90Cl2N4. The Bertz CT molecular complexity index is 4890. The molecule has 0 radical (unpaired) electrons. The molecule has 6 heteroatoms. The van der Waals surface area contributed by atoms with Crippen molar-refractivity contribution in [3.8, 4) is 0 Å². The van der Waals surface area contributed by atoms with Crippen molar-refractivity contribution in [2.45, 2.75) is 104 Å². The van der Waals surface area contributed by atoms with Gasteiger partial charge in [0.05, 0.1) is 11.1 Å². The third kappa shape index (κ3) is 15.6. The summed E-state index contributed by atoms with van der Waals surface area (Å²) in [4.78, 5) is 9.64. The van der Waals surface area contributed by atoms with Gasteiger partial charge in [-0.3, -0.25) is 0 Å². The van der Waals surface area contributed by atoms with Crippen molar-refractivity contribution in [1.82, 2.24) is 0 Å². The number of unbranched alkanes of at least 4 members (excludes halogenated alkanes) is 2. The number of aryl methyl sites for hydroxylation is 6. The lowest BCUT2D eigenvalue weighted by Gasteiger charge is -2.46. The lowest BCUT2D eigenvalue weighted by molar-refractivity contribution is 0.547. The van der Waals surface area contributed by atoms with Gasteiger partial charge in [0.15, 0.2) is 0 Å². The number of hydrogen-bond donors (Lipinski definition) is 0. The topological polar surface area (TPSA) is 13.0 Å². The van der Waals surface area contributed by atoms with Crippen LogP contribution in [0.5, 0.6) is 0 Å². The minimum atomic E-state index is -0.465. The molecule has 0 aliphatic heterocycles. The molecule has 508 valence electrons. The SMILES string of the molecule is CCCCc1ccc(N(c2ccc(C3=CCC(c4ccccc4)(N(c4ccc(CCCC)cc4)c4cc(C)ccc4C)C=C3)cc2)c2cc(C)ccc2C)cc1.Clc1cccc(N(c2ccccc2)c2ccc(C3=CCC(c4ccccc4)(N(c4ccccc4)c4cccc(Cl)c4)C=C3)cc2)c1. The maximum Gasteiger partial charge on any atom is 0.0924 e. The van der Waals surface area contributed by atoms with Crippen LogP contribution in [0.4, 0.5) is 56.9 Å². The van der Waals surface area contributed by atoms with Crippen LogP contribution in [-0.2, 0) is 23.9 Å². The Labute approximate surface area is 616 Å². The lowest BCUT2D eigenvalue weighted by atomic mass is 9.78. The summed E-state index contributed by atoms with van der Waals surface area (Å²) in [6.07, 6.45) is 22.9. The summed E-state index contributed by atoms with van der Waals surface area (Å²) in [5, 5.41) is 1.41. The number of nitrogens with zero attached hydrogens (tertiary/aromatic N) is 4. The predicted molar refractivity (Wildman–Crippen MR) is 438 cm³/mol. The van der Waals surface area contributed by atoms with Gasteiger partial charge in [-0.05, 0) is 254 Å². The third-order valence-corrected chi connectivity index (χ3v) is 20.5. The highest BCUT2D eigenvalue weighted by atomic mass is 35.5. The van der Waals surface area contributed by atoms with Crippen molar-refractivity contribution < 1.29 is 0 Å². The van der Waals surface area contributed by atoms with E-state index in [-0.39, 0.29) is 0 Å². The molecule has 12 aromatic rings. The van der Waals surface area contributed by atoms with Crippen LogP contribution in [0.25, 0.3) is 11.1 Å². The molecule has 0 amide bonds. The average molecular weight is 1370 g/mol. The van der Waals surface area contributed by atoms with Gasteiger partial charge in [0.25, 0.3) is 0 Å². The number of hydrogen-bond acceptors (Lipinski definition) is 4. The van der Waals surface area contributed by atoms with Gasteiger partial charge in [-0.1, -0.05) is 268 Å². The fraction of sp³-hybridized carbons (Fsp3) is 0.167. The smallest absolute Gasteiger partial charge is 0.0924 e. The van der Waals surface area contributed by atoms with Gasteiger partial charge in [-0.25, -0.2) is 0 Å². The minimum absolute atomic E-state index is 0.420. The monoisotopic (exact) mass is 1370 g/mol. The first-order valence-electron chi connectivity index (χ1n) is 36.2. The highest BCUT2D eigenvalue weighted by Crippen LogP contribution is 2.50. The van der Waals surface area contributed by atoms with Gasteiger partial charge in [-0.15, -0.1) is 0 Å². The van der Waals surface area contributed by atoms with Crippen LogP contribution in [0.15, 0.2) is 340 Å². The van der Waals surface area contributed by atoms with Crippen molar-refractivity contribution in [2.24, 2.45) is 0 Å². The molecule has 2 aliphatic carbocycles. The molecule has 0 aromatic heterocycles. The highest BCUT2D eigenvalue weighted by molar-refractivity contribution is 6.31. The van der Waals surface area contributed by atoms with Gasteiger partial charge in [-0.2, -0.15) is 0 Å². The molecule has 102 heavy (non-hydrogen) atoms. The Morgan fingerprint density at radius 3 is 1.16 bits per heavy atom. The first-order valence-corrected chi connectivity index (χ1v) is 36.9. The molecule has 0 saturated heterocycles. The molecule has 0 heterocycles. The van der Waals surface area contributed by atoms with Crippen molar-refractivity contribution >= 4 is 91.2 Å². The largest absolute Gasteiger partial charge is 0.327 e. The Kier molecular flexibility index (Phi) is 22.2. The fourth-order valence-corrected chi connectivity index (χ4v) is 14.9. The zero-order chi connectivity index (χ0) is 70.4. The van der Waals surface area contributed by atoms with Crippen LogP contribution in [0.2, 0.25) is 10.0 Å². The lowest BCUT2D eigenvalue weighted by Crippen LogP contribution is -2.43. The van der Waals surface area contributed by atoms with E-state index in [1.807, 2.05) is 42.5 Å². The molecule has 14 rings (SSSR count). The van der Waals surface area contributed by atoms with Gasteiger partial charge < -0.3 is 19.6 Å². The fourth-order valence-electron chi connectivity index (χ4n) is 14.5. The minimum Gasteiger partial charge on any atom is -0.327 e. The van der Waals surface area contributed by atoms with E-state index in [2.05, 4.69) is 358 Å². The summed E-state index contributed by atoms with van der Waals surface area (Å²) in [7, 11) is 0. The van der Waals surface area contributed by atoms with Crippen molar-refractivity contribution in [2.75, 3.05) is 19.6 Å². The predicted octanol–water partition coefficient (Wildman–Crippen LogP) is 27.7. The summed E-state index contributed by atoms with van der Waals surface area (Å²) in [6.45, 7) is 13.4. The van der Waals surface area contributed by atoms with Crippen LogP contribution in [0.1, 0.15) is 108 Å². The van der Waals surface area contributed by atoms with E-state index in [1.54, 1.807) is 0 Å². The van der Waals surface area contributed by atoms with Crippen LogP contribution in [0.3, 0.4) is 0 Å². The number of halogens is 2. The van der Waals surface area contributed by atoms with Crippen LogP contribution >= 0.6 is 23.2 Å². The molecule has 0 bridgehead atoms. The summed E-state index contributed by atoms with van der Waals surface area (Å²) in [5.74, 6) is 0. The molecule has 0 saturated carbocycles. The number of benzene rings is 12. The summed E-state index contributed by atoms with van der Waals surface area (Å²) in [5.41, 5.74) is 25.6. The molecule has 0 N–H and O–H groups in total. The van der Waals surface area contributed by atoms with E-state index >= 15 is 0 Å². The Morgan fingerprint density at radius 1 is 0.324 bits per heavy atom. The molecule has 0 spiro atoms. The third-order valence-electron chi connectivity index (χ3n) is 20.0. The molecule has 4 nitrogen and oxygen atoms in total. The van der Waals surface area contributed by atoms with Gasteiger partial charge in [0.1, 0.15) is 0 Å². The van der Waals surface area contributed by atoms with Crippen LogP contribution in [-0.4, -0.2) is 0 Å². The zero-order valence-corrected chi connectivity index (χ0v) is 61.0. The van der Waals surface area contributed by atoms with E-state index in [4.69, 9.17) is 23.2 Å². The summed E-state index contributed by atoms with van der Waals surface area (Å²) in [6, 6.07) is 109. The van der Waals surface area contributed by atoms with E-state index in [0.29, 0.717) is 10.0 Å². The van der Waals surface area contributed by atoms with Gasteiger partial charge in [0.2, 0.25) is 0 Å². The Morgan fingerprint density at radius 2 is 0.696 bits per heavy atom. The molecule has 2 aliphatic rings. The standard InChI is InChI=1S/C54H58N2.C42H32Cl2N2/c1-7-9-14-44-22-28-49(29-23-44)55(52-38-40(3)18-20-42(52)5)50-32-26-46(27-33-50)47-34-36-54(37-35-47,48-16-12-11-13-17-48)56(53-39-41(4)19-21-43(53)6)51-30-24-45(25-31-51)15-10-8-2;43-35-14-10-20-40(30-35)45(37-16-6-2-7-17-37)38-24-22-32(23-25-38)33-26-28-42(29-27-33,34-12-4-1-5-13-34)46(39-18-8-3-9-19-39)41-21-11-15-36(44)31-41/h11-13,16-36,38-39H,7-10,14-15,37H2,1-6H3;1-28,30-31H,29H2. The summed E-state index contributed by atoms with van der Waals surface area (Å²) < 4.78 is 0. The molecule has 12 aromatic carbocycles. The summed E-state index contributed by atoms with van der Waals surface area (Å²) >= 11 is 13.0. The average Bonchev–Trinajstić information content (AvgIpc) is 0.749. The van der Waals surface area contributed by atoms with E-state index in [9.17, 15) is 0 Å². The van der Waals surface area contributed by atoms with E-state index < -0.39 is 11.1 Å². The molecule has 2 atom stereocenters. The maximum absolute atomic E-state index is 6.56. The first-order chi connectivity index (χ1) is 49.9.